The first-order chi connectivity index (χ1) is 16.5. The van der Waals surface area contributed by atoms with E-state index in [1.807, 2.05) is 25.1 Å². The van der Waals surface area contributed by atoms with Gasteiger partial charge in [0.25, 0.3) is 0 Å². The van der Waals surface area contributed by atoms with Crippen molar-refractivity contribution in [2.45, 2.75) is 50.7 Å². The Morgan fingerprint density at radius 1 is 1.21 bits per heavy atom. The van der Waals surface area contributed by atoms with E-state index in [0.29, 0.717) is 19.1 Å². The van der Waals surface area contributed by atoms with Gasteiger partial charge in [-0.05, 0) is 31.4 Å². The first-order valence-corrected chi connectivity index (χ1v) is 13.4. The SMILES string of the molecule is CC(C(=O)O[C@H]1C[N+]2(CCC3=CC(Cl)=CCC3)CCC1CC2)(c1ccccc1)N1CCOCC1. The third kappa shape index (κ3) is 4.86. The number of morpholine rings is 1. The minimum absolute atomic E-state index is 0.00268. The molecule has 184 valence electrons. The van der Waals surface area contributed by atoms with Crippen molar-refractivity contribution >= 4 is 17.6 Å². The molecule has 0 spiro atoms. The van der Waals surface area contributed by atoms with E-state index in [1.165, 1.54) is 18.7 Å². The summed E-state index contributed by atoms with van der Waals surface area (Å²) in [5.74, 6) is 0.379. The fraction of sp³-hybridized carbons (Fsp3) is 0.607. The third-order valence-corrected chi connectivity index (χ3v) is 8.99. The molecule has 0 saturated carbocycles. The van der Waals surface area contributed by atoms with Gasteiger partial charge in [0.05, 0.1) is 32.8 Å². The molecule has 4 heterocycles. The Hall–Kier alpha value is -1.66. The van der Waals surface area contributed by atoms with Crippen LogP contribution in [0, 0.1) is 5.92 Å². The molecule has 1 unspecified atom stereocenters. The van der Waals surface area contributed by atoms with Gasteiger partial charge >= 0.3 is 5.97 Å². The largest absolute Gasteiger partial charge is 0.454 e. The van der Waals surface area contributed by atoms with E-state index in [0.717, 1.165) is 73.4 Å². The smallest absolute Gasteiger partial charge is 0.331 e. The number of allylic oxidation sites excluding steroid dienone is 3. The van der Waals surface area contributed by atoms with Crippen LogP contribution in [0.25, 0.3) is 0 Å². The number of hydrogen-bond acceptors (Lipinski definition) is 4. The summed E-state index contributed by atoms with van der Waals surface area (Å²) in [7, 11) is 0. The van der Waals surface area contributed by atoms with Gasteiger partial charge in [-0.1, -0.05) is 53.6 Å². The summed E-state index contributed by atoms with van der Waals surface area (Å²) >= 11 is 6.26. The number of rotatable bonds is 7. The van der Waals surface area contributed by atoms with Crippen LogP contribution in [0.15, 0.2) is 53.1 Å². The lowest BCUT2D eigenvalue weighted by molar-refractivity contribution is -0.945. The Morgan fingerprint density at radius 3 is 2.65 bits per heavy atom. The number of esters is 1. The molecule has 4 aliphatic heterocycles. The molecule has 1 aliphatic carbocycles. The van der Waals surface area contributed by atoms with Gasteiger partial charge in [-0.3, -0.25) is 4.90 Å². The van der Waals surface area contributed by atoms with Crippen molar-refractivity contribution in [3.8, 4) is 0 Å². The van der Waals surface area contributed by atoms with Crippen molar-refractivity contribution in [3.05, 3.63) is 58.7 Å². The van der Waals surface area contributed by atoms with E-state index in [-0.39, 0.29) is 12.1 Å². The second-order valence-electron chi connectivity index (χ2n) is 10.7. The Morgan fingerprint density at radius 2 is 1.94 bits per heavy atom. The first kappa shape index (κ1) is 24.1. The van der Waals surface area contributed by atoms with Crippen LogP contribution in [0.1, 0.15) is 44.6 Å². The van der Waals surface area contributed by atoms with Crippen LogP contribution < -0.4 is 0 Å². The predicted octanol–water partition coefficient (Wildman–Crippen LogP) is 4.62. The molecule has 4 saturated heterocycles. The van der Waals surface area contributed by atoms with Gasteiger partial charge in [0.15, 0.2) is 6.10 Å². The Balaban J connectivity index is 1.30. The molecular weight excluding hydrogens is 448 g/mol. The zero-order chi connectivity index (χ0) is 23.6. The topological polar surface area (TPSA) is 38.8 Å². The van der Waals surface area contributed by atoms with Crippen molar-refractivity contribution in [2.24, 2.45) is 5.92 Å². The van der Waals surface area contributed by atoms with Crippen molar-refractivity contribution in [3.63, 3.8) is 0 Å². The highest BCUT2D eigenvalue weighted by atomic mass is 35.5. The number of carbonyl (C=O) groups is 1. The summed E-state index contributed by atoms with van der Waals surface area (Å²) < 4.78 is 13.1. The number of piperidine rings is 3. The van der Waals surface area contributed by atoms with E-state index in [2.05, 4.69) is 29.2 Å². The van der Waals surface area contributed by atoms with Crippen LogP contribution in [-0.4, -0.2) is 73.9 Å². The van der Waals surface area contributed by atoms with Gasteiger partial charge in [0, 0.05) is 43.3 Å². The van der Waals surface area contributed by atoms with Gasteiger partial charge < -0.3 is 14.0 Å². The number of carbonyl (C=O) groups excluding carboxylic acids is 1. The van der Waals surface area contributed by atoms with Gasteiger partial charge in [-0.25, -0.2) is 4.79 Å². The number of ether oxygens (including phenoxy) is 2. The molecule has 34 heavy (non-hydrogen) atoms. The number of benzene rings is 1. The van der Waals surface area contributed by atoms with E-state index < -0.39 is 5.54 Å². The van der Waals surface area contributed by atoms with Crippen LogP contribution in [0.4, 0.5) is 0 Å². The fourth-order valence-electron chi connectivity index (χ4n) is 6.42. The van der Waals surface area contributed by atoms with E-state index in [9.17, 15) is 4.79 Å². The second kappa shape index (κ2) is 10.1. The third-order valence-electron chi connectivity index (χ3n) is 8.73. The quantitative estimate of drug-likeness (QED) is 0.417. The van der Waals surface area contributed by atoms with Gasteiger partial charge in [-0.15, -0.1) is 0 Å². The maximum Gasteiger partial charge on any atom is 0.331 e. The molecule has 6 heteroatoms. The zero-order valence-corrected chi connectivity index (χ0v) is 21.1. The molecule has 0 amide bonds. The van der Waals surface area contributed by atoms with Gasteiger partial charge in [-0.2, -0.15) is 0 Å². The molecule has 2 atom stereocenters. The van der Waals surface area contributed by atoms with E-state index in [4.69, 9.17) is 21.1 Å². The molecule has 1 aromatic rings. The molecule has 4 fully saturated rings. The highest BCUT2D eigenvalue weighted by molar-refractivity contribution is 6.31. The first-order valence-electron chi connectivity index (χ1n) is 13.0. The minimum atomic E-state index is -0.794. The Bertz CT molecular complexity index is 932. The molecule has 6 rings (SSSR count). The van der Waals surface area contributed by atoms with Crippen molar-refractivity contribution in [1.29, 1.82) is 0 Å². The number of halogens is 1. The summed E-state index contributed by atoms with van der Waals surface area (Å²) in [5, 5.41) is 0.883. The normalized spacial score (nSPS) is 31.4. The van der Waals surface area contributed by atoms with Gasteiger partial charge in [0.1, 0.15) is 12.1 Å². The Labute approximate surface area is 208 Å². The molecule has 0 N–H and O–H groups in total. The maximum atomic E-state index is 13.9. The average molecular weight is 486 g/mol. The van der Waals surface area contributed by atoms with Crippen molar-refractivity contribution < 1.29 is 18.8 Å². The number of fused-ring (bicyclic) bond motifs is 3. The maximum absolute atomic E-state index is 13.9. The molecule has 0 aromatic heterocycles. The average Bonchev–Trinajstić information content (AvgIpc) is 2.89. The van der Waals surface area contributed by atoms with Crippen molar-refractivity contribution in [1.82, 2.24) is 4.90 Å². The monoisotopic (exact) mass is 485 g/mol. The molecule has 2 bridgehead atoms. The number of hydrogen-bond donors (Lipinski definition) is 0. The fourth-order valence-corrected chi connectivity index (χ4v) is 6.69. The summed E-state index contributed by atoms with van der Waals surface area (Å²) in [5.41, 5.74) is 1.67. The number of nitrogens with zero attached hydrogens (tertiary/aromatic N) is 2. The molecule has 5 aliphatic rings. The standard InChI is InChI=1S/C28H38ClN2O3/c1-28(24-7-3-2-4-8-24,30-13-18-33-19-14-30)27(32)34-26-21-31(16-11-23(26)12-17-31)15-10-22-6-5-9-25(29)20-22/h2-4,7-9,20,23,26H,5-6,10-19,21H2,1H3/q+1/t23?,26-,28?,31?/m0/s1. The van der Waals surface area contributed by atoms with E-state index >= 15 is 0 Å². The number of quaternary nitrogens is 1. The lowest BCUT2D eigenvalue weighted by atomic mass is 9.82. The highest BCUT2D eigenvalue weighted by Crippen LogP contribution is 2.39. The zero-order valence-electron chi connectivity index (χ0n) is 20.4. The molecule has 1 aromatic carbocycles. The van der Waals surface area contributed by atoms with E-state index in [1.54, 1.807) is 0 Å². The van der Waals surface area contributed by atoms with Crippen LogP contribution in [0.3, 0.4) is 0 Å². The van der Waals surface area contributed by atoms with Crippen LogP contribution >= 0.6 is 11.6 Å². The molecular formula is C28H38ClN2O3+. The summed E-state index contributed by atoms with van der Waals surface area (Å²) in [4.78, 5) is 16.2. The lowest BCUT2D eigenvalue weighted by Crippen LogP contribution is -2.65. The molecule has 5 nitrogen and oxygen atoms in total. The summed E-state index contributed by atoms with van der Waals surface area (Å²) in [6.07, 6.45) is 9.82. The van der Waals surface area contributed by atoms with Crippen LogP contribution in [0.2, 0.25) is 0 Å². The predicted molar refractivity (Wildman–Crippen MR) is 134 cm³/mol. The lowest BCUT2D eigenvalue weighted by Gasteiger charge is -2.53. The van der Waals surface area contributed by atoms with Crippen molar-refractivity contribution in [2.75, 3.05) is 52.5 Å². The second-order valence-corrected chi connectivity index (χ2v) is 11.1. The highest BCUT2D eigenvalue weighted by Gasteiger charge is 2.50. The Kier molecular flexibility index (Phi) is 7.17. The van der Waals surface area contributed by atoms with Crippen LogP contribution in [0.5, 0.6) is 0 Å². The summed E-state index contributed by atoms with van der Waals surface area (Å²) in [6, 6.07) is 10.1. The minimum Gasteiger partial charge on any atom is -0.454 e. The van der Waals surface area contributed by atoms with Gasteiger partial charge in [0.2, 0.25) is 0 Å². The van der Waals surface area contributed by atoms with Crippen LogP contribution in [-0.2, 0) is 19.8 Å². The summed E-state index contributed by atoms with van der Waals surface area (Å²) in [6.45, 7) is 9.28. The molecule has 0 radical (unpaired) electrons.